The van der Waals surface area contributed by atoms with Crippen molar-refractivity contribution >= 4 is 17.5 Å². The van der Waals surface area contributed by atoms with E-state index in [0.29, 0.717) is 24.7 Å². The molecule has 1 aromatic heterocycles. The quantitative estimate of drug-likeness (QED) is 0.946. The second-order valence-corrected chi connectivity index (χ2v) is 5.48. The largest absolute Gasteiger partial charge is 0.367 e. The lowest BCUT2D eigenvalue weighted by Gasteiger charge is -2.26. The molecule has 2 aromatic rings. The predicted octanol–water partition coefficient (Wildman–Crippen LogP) is 2.24. The smallest absolute Gasteiger partial charge is 0.216 e. The third-order valence-electron chi connectivity index (χ3n) is 3.49. The molecule has 1 atom stereocenters. The van der Waals surface area contributed by atoms with Crippen molar-refractivity contribution in [3.8, 4) is 11.3 Å². The van der Waals surface area contributed by atoms with Gasteiger partial charge >= 0.3 is 0 Å². The summed E-state index contributed by atoms with van der Waals surface area (Å²) in [6.45, 7) is 3.14. The summed E-state index contributed by atoms with van der Waals surface area (Å²) < 4.78 is 7.84. The second kappa shape index (κ2) is 5.87. The van der Waals surface area contributed by atoms with Crippen LogP contribution in [-0.2, 0) is 22.7 Å². The van der Waals surface area contributed by atoms with Crippen LogP contribution in [0.4, 0.5) is 0 Å². The van der Waals surface area contributed by atoms with Gasteiger partial charge in [0, 0.05) is 18.5 Å². The topological polar surface area (TPSA) is 56.2 Å². The summed E-state index contributed by atoms with van der Waals surface area (Å²) in [4.78, 5) is 15.4. The van der Waals surface area contributed by atoms with E-state index in [-0.39, 0.29) is 12.0 Å². The standard InChI is InChI=1S/C15H16ClN3O2/c1-10(20)17-6-13-8-19-14(7-18-15(19)9-21-13)11-2-4-12(16)5-3-11/h2-5,7,13H,6,8-9H2,1H3,(H,17,20)/t13-/m0/s1. The van der Waals surface area contributed by atoms with E-state index in [1.54, 1.807) is 0 Å². The molecule has 0 fully saturated rings. The number of rotatable bonds is 3. The maximum absolute atomic E-state index is 11.0. The van der Waals surface area contributed by atoms with Crippen LogP contribution in [0.1, 0.15) is 12.7 Å². The molecule has 1 aliphatic heterocycles. The van der Waals surface area contributed by atoms with Gasteiger partial charge in [-0.05, 0) is 17.7 Å². The van der Waals surface area contributed by atoms with Crippen LogP contribution in [0.15, 0.2) is 30.5 Å². The molecule has 0 bridgehead atoms. The molecule has 2 heterocycles. The molecule has 3 rings (SSSR count). The molecule has 0 saturated carbocycles. The minimum Gasteiger partial charge on any atom is -0.367 e. The molecule has 0 radical (unpaired) electrons. The molecule has 1 N–H and O–H groups in total. The number of ether oxygens (including phenoxy) is 1. The number of hydrogen-bond donors (Lipinski definition) is 1. The van der Waals surface area contributed by atoms with E-state index in [4.69, 9.17) is 16.3 Å². The average molecular weight is 306 g/mol. The highest BCUT2D eigenvalue weighted by Crippen LogP contribution is 2.25. The fourth-order valence-corrected chi connectivity index (χ4v) is 2.54. The maximum atomic E-state index is 11.0. The van der Waals surface area contributed by atoms with Crippen LogP contribution in [0.25, 0.3) is 11.3 Å². The van der Waals surface area contributed by atoms with Gasteiger partial charge in [-0.15, -0.1) is 0 Å². The van der Waals surface area contributed by atoms with Gasteiger partial charge in [-0.2, -0.15) is 0 Å². The Morgan fingerprint density at radius 3 is 2.95 bits per heavy atom. The predicted molar refractivity (Wildman–Crippen MR) is 79.9 cm³/mol. The zero-order valence-corrected chi connectivity index (χ0v) is 12.4. The van der Waals surface area contributed by atoms with E-state index < -0.39 is 0 Å². The average Bonchev–Trinajstić information content (AvgIpc) is 2.89. The molecule has 0 saturated heterocycles. The van der Waals surface area contributed by atoms with E-state index in [1.165, 1.54) is 6.92 Å². The lowest BCUT2D eigenvalue weighted by Crippen LogP contribution is -2.38. The number of aromatic nitrogens is 2. The molecular formula is C15H16ClN3O2. The van der Waals surface area contributed by atoms with Gasteiger partial charge in [-0.1, -0.05) is 23.7 Å². The number of imidazole rings is 1. The number of carbonyl (C=O) groups is 1. The molecule has 110 valence electrons. The summed E-state index contributed by atoms with van der Waals surface area (Å²) in [6.07, 6.45) is 1.81. The number of amides is 1. The summed E-state index contributed by atoms with van der Waals surface area (Å²) >= 11 is 5.93. The molecule has 0 spiro atoms. The molecule has 6 heteroatoms. The van der Waals surface area contributed by atoms with Crippen LogP contribution in [0.3, 0.4) is 0 Å². The molecule has 0 unspecified atom stereocenters. The van der Waals surface area contributed by atoms with Crippen molar-refractivity contribution in [3.05, 3.63) is 41.3 Å². The SMILES string of the molecule is CC(=O)NC[C@H]1Cn2c(-c3ccc(Cl)cc3)cnc2CO1. The highest BCUT2D eigenvalue weighted by Gasteiger charge is 2.22. The van der Waals surface area contributed by atoms with Crippen molar-refractivity contribution in [2.45, 2.75) is 26.2 Å². The number of hydrogen-bond acceptors (Lipinski definition) is 3. The van der Waals surface area contributed by atoms with Gasteiger partial charge in [0.2, 0.25) is 5.91 Å². The van der Waals surface area contributed by atoms with Crippen LogP contribution in [-0.4, -0.2) is 28.1 Å². The third kappa shape index (κ3) is 3.09. The van der Waals surface area contributed by atoms with Gasteiger partial charge in [0.15, 0.2) is 0 Å². The monoisotopic (exact) mass is 305 g/mol. The maximum Gasteiger partial charge on any atom is 0.216 e. The molecular weight excluding hydrogens is 290 g/mol. The minimum atomic E-state index is -0.0482. The Morgan fingerprint density at radius 1 is 1.48 bits per heavy atom. The van der Waals surface area contributed by atoms with Gasteiger partial charge in [0.05, 0.1) is 24.5 Å². The third-order valence-corrected chi connectivity index (χ3v) is 3.74. The van der Waals surface area contributed by atoms with Gasteiger partial charge in [0.1, 0.15) is 12.4 Å². The van der Waals surface area contributed by atoms with E-state index >= 15 is 0 Å². The molecule has 1 aliphatic rings. The number of fused-ring (bicyclic) bond motifs is 1. The first-order chi connectivity index (χ1) is 10.1. The summed E-state index contributed by atoms with van der Waals surface area (Å²) in [5, 5.41) is 3.50. The van der Waals surface area contributed by atoms with Crippen molar-refractivity contribution in [2.75, 3.05) is 6.54 Å². The van der Waals surface area contributed by atoms with Gasteiger partial charge in [0.25, 0.3) is 0 Å². The number of halogens is 1. The number of carbonyl (C=O) groups excluding carboxylic acids is 1. The van der Waals surface area contributed by atoms with E-state index in [0.717, 1.165) is 17.1 Å². The Hall–Kier alpha value is -1.85. The first kappa shape index (κ1) is 14.1. The Labute approximate surface area is 127 Å². The zero-order chi connectivity index (χ0) is 14.8. The van der Waals surface area contributed by atoms with Crippen molar-refractivity contribution in [1.82, 2.24) is 14.9 Å². The second-order valence-electron chi connectivity index (χ2n) is 5.05. The summed E-state index contributed by atoms with van der Waals surface area (Å²) in [5.41, 5.74) is 2.11. The van der Waals surface area contributed by atoms with Crippen molar-refractivity contribution in [3.63, 3.8) is 0 Å². The minimum absolute atomic E-state index is 0.0401. The van der Waals surface area contributed by atoms with Crippen LogP contribution in [0.5, 0.6) is 0 Å². The lowest BCUT2D eigenvalue weighted by atomic mass is 10.1. The highest BCUT2D eigenvalue weighted by atomic mass is 35.5. The van der Waals surface area contributed by atoms with Crippen LogP contribution < -0.4 is 5.32 Å². The molecule has 5 nitrogen and oxygen atoms in total. The van der Waals surface area contributed by atoms with E-state index in [9.17, 15) is 4.79 Å². The first-order valence-corrected chi connectivity index (χ1v) is 7.17. The van der Waals surface area contributed by atoms with E-state index in [1.807, 2.05) is 30.5 Å². The summed E-state index contributed by atoms with van der Waals surface area (Å²) in [6, 6.07) is 7.69. The Balaban J connectivity index is 1.82. The fourth-order valence-electron chi connectivity index (χ4n) is 2.41. The van der Waals surface area contributed by atoms with Crippen LogP contribution in [0.2, 0.25) is 5.02 Å². The van der Waals surface area contributed by atoms with Crippen LogP contribution in [0, 0.1) is 0 Å². The van der Waals surface area contributed by atoms with Crippen molar-refractivity contribution in [1.29, 1.82) is 0 Å². The van der Waals surface area contributed by atoms with Gasteiger partial charge < -0.3 is 14.6 Å². The zero-order valence-electron chi connectivity index (χ0n) is 11.7. The number of nitrogens with one attached hydrogen (secondary N) is 1. The Morgan fingerprint density at radius 2 is 2.24 bits per heavy atom. The van der Waals surface area contributed by atoms with Crippen molar-refractivity contribution < 1.29 is 9.53 Å². The number of benzene rings is 1. The number of nitrogens with zero attached hydrogens (tertiary/aromatic N) is 2. The summed E-state index contributed by atoms with van der Waals surface area (Å²) in [7, 11) is 0. The summed E-state index contributed by atoms with van der Waals surface area (Å²) in [5.74, 6) is 0.854. The normalized spacial score (nSPS) is 17.3. The molecule has 0 aliphatic carbocycles. The lowest BCUT2D eigenvalue weighted by molar-refractivity contribution is -0.120. The Bertz CT molecular complexity index is 651. The molecule has 21 heavy (non-hydrogen) atoms. The fraction of sp³-hybridized carbons (Fsp3) is 0.333. The van der Waals surface area contributed by atoms with Gasteiger partial charge in [-0.3, -0.25) is 4.79 Å². The van der Waals surface area contributed by atoms with Crippen LogP contribution >= 0.6 is 11.6 Å². The molecule has 1 aromatic carbocycles. The molecule has 1 amide bonds. The van der Waals surface area contributed by atoms with E-state index in [2.05, 4.69) is 14.9 Å². The van der Waals surface area contributed by atoms with Gasteiger partial charge in [-0.25, -0.2) is 4.98 Å². The highest BCUT2D eigenvalue weighted by molar-refractivity contribution is 6.30. The Kier molecular flexibility index (Phi) is 3.94. The van der Waals surface area contributed by atoms with Crippen molar-refractivity contribution in [2.24, 2.45) is 0 Å². The first-order valence-electron chi connectivity index (χ1n) is 6.80.